The van der Waals surface area contributed by atoms with Gasteiger partial charge in [-0.2, -0.15) is 0 Å². The van der Waals surface area contributed by atoms with E-state index in [0.717, 1.165) is 55.4 Å². The third-order valence-electron chi connectivity index (χ3n) is 5.41. The molecule has 2 N–H and O–H groups in total. The van der Waals surface area contributed by atoms with Gasteiger partial charge in [0.25, 0.3) is 0 Å². The van der Waals surface area contributed by atoms with Crippen molar-refractivity contribution in [3.63, 3.8) is 0 Å². The molecule has 150 valence electrons. The molecule has 0 bridgehead atoms. The molecule has 2 aromatic carbocycles. The molecule has 3 rings (SSSR count). The van der Waals surface area contributed by atoms with Crippen LogP contribution in [0.2, 0.25) is 0 Å². The molecule has 1 aliphatic heterocycles. The van der Waals surface area contributed by atoms with Crippen molar-refractivity contribution in [2.24, 2.45) is 11.8 Å². The maximum Gasteiger partial charge on any atom is 0.238 e. The molecule has 0 atom stereocenters. The standard InChI is InChI=1S/C23H31N3O2/c1-17(2)10-13-24-23(28)19-11-14-26(15-12-19)16-22(27)25-21-9-5-7-18-6-3-4-8-20(18)21/h3-9,17,19H,10-16H2,1-2H3,(H,24,28)(H,25,27). The first-order chi connectivity index (χ1) is 13.5. The van der Waals surface area contributed by atoms with Crippen LogP contribution in [-0.2, 0) is 9.59 Å². The van der Waals surface area contributed by atoms with Crippen molar-refractivity contribution in [1.82, 2.24) is 10.2 Å². The summed E-state index contributed by atoms with van der Waals surface area (Å²) in [4.78, 5) is 26.9. The maximum atomic E-state index is 12.5. The predicted molar refractivity (Wildman–Crippen MR) is 114 cm³/mol. The van der Waals surface area contributed by atoms with Crippen molar-refractivity contribution < 1.29 is 9.59 Å². The second-order valence-corrected chi connectivity index (χ2v) is 8.10. The van der Waals surface area contributed by atoms with E-state index in [0.29, 0.717) is 12.5 Å². The van der Waals surface area contributed by atoms with Crippen molar-refractivity contribution in [1.29, 1.82) is 0 Å². The maximum absolute atomic E-state index is 12.5. The van der Waals surface area contributed by atoms with E-state index in [1.165, 1.54) is 0 Å². The fourth-order valence-electron chi connectivity index (χ4n) is 3.71. The Balaban J connectivity index is 1.45. The number of rotatable bonds is 7. The summed E-state index contributed by atoms with van der Waals surface area (Å²) in [5, 5.41) is 8.26. The number of fused-ring (bicyclic) bond motifs is 1. The van der Waals surface area contributed by atoms with E-state index >= 15 is 0 Å². The van der Waals surface area contributed by atoms with Crippen LogP contribution in [0, 0.1) is 11.8 Å². The van der Waals surface area contributed by atoms with E-state index in [1.54, 1.807) is 0 Å². The summed E-state index contributed by atoms with van der Waals surface area (Å²) in [6.07, 6.45) is 2.64. The number of benzene rings is 2. The Morgan fingerprint density at radius 3 is 2.54 bits per heavy atom. The van der Waals surface area contributed by atoms with Gasteiger partial charge in [-0.25, -0.2) is 0 Å². The number of carbonyl (C=O) groups excluding carboxylic acids is 2. The highest BCUT2D eigenvalue weighted by molar-refractivity contribution is 6.02. The number of anilines is 1. The van der Waals surface area contributed by atoms with Gasteiger partial charge in [0.2, 0.25) is 11.8 Å². The number of piperidine rings is 1. The molecule has 2 amide bonds. The van der Waals surface area contributed by atoms with Crippen LogP contribution < -0.4 is 10.6 Å². The Morgan fingerprint density at radius 1 is 1.07 bits per heavy atom. The Kier molecular flexibility index (Phi) is 7.04. The first kappa shape index (κ1) is 20.3. The van der Waals surface area contributed by atoms with Crippen LogP contribution in [0.25, 0.3) is 10.8 Å². The van der Waals surface area contributed by atoms with Crippen LogP contribution in [0.3, 0.4) is 0 Å². The Morgan fingerprint density at radius 2 is 1.79 bits per heavy atom. The van der Waals surface area contributed by atoms with Gasteiger partial charge in [0.05, 0.1) is 6.54 Å². The second kappa shape index (κ2) is 9.69. The van der Waals surface area contributed by atoms with Crippen LogP contribution >= 0.6 is 0 Å². The van der Waals surface area contributed by atoms with Crippen LogP contribution in [0.15, 0.2) is 42.5 Å². The SMILES string of the molecule is CC(C)CCNC(=O)C1CCN(CC(=O)Nc2cccc3ccccc23)CC1. The topological polar surface area (TPSA) is 61.4 Å². The smallest absolute Gasteiger partial charge is 0.238 e. The zero-order chi connectivity index (χ0) is 19.9. The average Bonchev–Trinajstić information content (AvgIpc) is 2.68. The number of carbonyl (C=O) groups is 2. The normalized spacial score (nSPS) is 15.7. The van der Waals surface area contributed by atoms with E-state index in [4.69, 9.17) is 0 Å². The lowest BCUT2D eigenvalue weighted by Gasteiger charge is -2.30. The Hall–Kier alpha value is -2.40. The molecule has 0 radical (unpaired) electrons. The van der Waals surface area contributed by atoms with E-state index < -0.39 is 0 Å². The van der Waals surface area contributed by atoms with Gasteiger partial charge in [-0.1, -0.05) is 50.2 Å². The predicted octanol–water partition coefficient (Wildman–Crippen LogP) is 3.65. The summed E-state index contributed by atoms with van der Waals surface area (Å²) in [5.41, 5.74) is 0.850. The molecule has 1 fully saturated rings. The quantitative estimate of drug-likeness (QED) is 0.770. The minimum absolute atomic E-state index is 0.00353. The summed E-state index contributed by atoms with van der Waals surface area (Å²) in [6, 6.07) is 14.0. The largest absolute Gasteiger partial charge is 0.356 e. The molecule has 0 unspecified atom stereocenters. The molecule has 5 heteroatoms. The number of nitrogens with zero attached hydrogens (tertiary/aromatic N) is 1. The fourth-order valence-corrected chi connectivity index (χ4v) is 3.71. The van der Waals surface area contributed by atoms with Crippen molar-refractivity contribution in [2.75, 3.05) is 31.5 Å². The first-order valence-corrected chi connectivity index (χ1v) is 10.3. The van der Waals surface area contributed by atoms with Gasteiger partial charge in [-0.15, -0.1) is 0 Å². The molecular weight excluding hydrogens is 350 g/mol. The van der Waals surface area contributed by atoms with Gasteiger partial charge in [-0.05, 0) is 49.7 Å². The second-order valence-electron chi connectivity index (χ2n) is 8.10. The Bertz CT molecular complexity index is 805. The molecule has 28 heavy (non-hydrogen) atoms. The van der Waals surface area contributed by atoms with Crippen LogP contribution in [0.4, 0.5) is 5.69 Å². The molecule has 1 saturated heterocycles. The monoisotopic (exact) mass is 381 g/mol. The van der Waals surface area contributed by atoms with Crippen LogP contribution in [0.5, 0.6) is 0 Å². The first-order valence-electron chi connectivity index (χ1n) is 10.3. The van der Waals surface area contributed by atoms with Gasteiger partial charge >= 0.3 is 0 Å². The molecule has 1 heterocycles. The van der Waals surface area contributed by atoms with Crippen LogP contribution in [-0.4, -0.2) is 42.9 Å². The number of amides is 2. The van der Waals surface area contributed by atoms with Crippen molar-refractivity contribution >= 4 is 28.3 Å². The van der Waals surface area contributed by atoms with E-state index in [9.17, 15) is 9.59 Å². The fraction of sp³-hybridized carbons (Fsp3) is 0.478. The van der Waals surface area contributed by atoms with Crippen molar-refractivity contribution in [2.45, 2.75) is 33.1 Å². The summed E-state index contributed by atoms with van der Waals surface area (Å²) >= 11 is 0. The average molecular weight is 382 g/mol. The van der Waals surface area contributed by atoms with Gasteiger partial charge < -0.3 is 10.6 Å². The lowest BCUT2D eigenvalue weighted by atomic mass is 9.95. The Labute approximate surface area is 167 Å². The highest BCUT2D eigenvalue weighted by Gasteiger charge is 2.25. The zero-order valence-corrected chi connectivity index (χ0v) is 16.9. The van der Waals surface area contributed by atoms with E-state index in [1.807, 2.05) is 42.5 Å². The van der Waals surface area contributed by atoms with Gasteiger partial charge in [0.15, 0.2) is 0 Å². The highest BCUT2D eigenvalue weighted by atomic mass is 16.2. The molecular formula is C23H31N3O2. The third-order valence-corrected chi connectivity index (χ3v) is 5.41. The van der Waals surface area contributed by atoms with Crippen LogP contribution in [0.1, 0.15) is 33.1 Å². The number of hydrogen-bond acceptors (Lipinski definition) is 3. The van der Waals surface area contributed by atoms with Crippen molar-refractivity contribution in [3.8, 4) is 0 Å². The summed E-state index contributed by atoms with van der Waals surface area (Å²) < 4.78 is 0. The summed E-state index contributed by atoms with van der Waals surface area (Å²) in [7, 11) is 0. The molecule has 0 aromatic heterocycles. The molecule has 0 saturated carbocycles. The summed E-state index contributed by atoms with van der Waals surface area (Å²) in [5.74, 6) is 0.837. The zero-order valence-electron chi connectivity index (χ0n) is 16.9. The number of likely N-dealkylation sites (tertiary alicyclic amines) is 1. The molecule has 0 aliphatic carbocycles. The minimum Gasteiger partial charge on any atom is -0.356 e. The van der Waals surface area contributed by atoms with E-state index in [-0.39, 0.29) is 17.7 Å². The summed E-state index contributed by atoms with van der Waals surface area (Å²) in [6.45, 7) is 7.01. The van der Waals surface area contributed by atoms with Gasteiger partial charge in [0, 0.05) is 23.5 Å². The lowest BCUT2D eigenvalue weighted by molar-refractivity contribution is -0.126. The van der Waals surface area contributed by atoms with E-state index in [2.05, 4.69) is 29.4 Å². The van der Waals surface area contributed by atoms with Gasteiger partial charge in [-0.3, -0.25) is 14.5 Å². The molecule has 0 spiro atoms. The van der Waals surface area contributed by atoms with Gasteiger partial charge in [0.1, 0.15) is 0 Å². The molecule has 1 aliphatic rings. The highest BCUT2D eigenvalue weighted by Crippen LogP contribution is 2.23. The molecule has 5 nitrogen and oxygen atoms in total. The lowest BCUT2D eigenvalue weighted by Crippen LogP contribution is -2.43. The molecule has 2 aromatic rings. The van der Waals surface area contributed by atoms with Crippen molar-refractivity contribution in [3.05, 3.63) is 42.5 Å². The minimum atomic E-state index is -0.00353. The number of nitrogens with one attached hydrogen (secondary N) is 2. The number of hydrogen-bond donors (Lipinski definition) is 2. The third kappa shape index (κ3) is 5.55.